The van der Waals surface area contributed by atoms with E-state index >= 15 is 0 Å². The van der Waals surface area contributed by atoms with E-state index in [1.165, 1.54) is 12.1 Å². The Morgan fingerprint density at radius 1 is 1.23 bits per heavy atom. The van der Waals surface area contributed by atoms with Crippen molar-refractivity contribution in [1.82, 2.24) is 4.90 Å². The highest BCUT2D eigenvalue weighted by molar-refractivity contribution is 7.07. The number of carbonyl (C=O) groups excluding carboxylic acids is 1. The number of carbonyl (C=O) groups is 1. The highest BCUT2D eigenvalue weighted by atomic mass is 32.1. The van der Waals surface area contributed by atoms with E-state index in [0.29, 0.717) is 13.1 Å². The van der Waals surface area contributed by atoms with E-state index in [1.807, 2.05) is 28.7 Å². The third-order valence-electron chi connectivity index (χ3n) is 3.30. The van der Waals surface area contributed by atoms with Crippen molar-refractivity contribution < 1.29 is 9.72 Å². The summed E-state index contributed by atoms with van der Waals surface area (Å²) in [5.41, 5.74) is 1.97. The van der Waals surface area contributed by atoms with Gasteiger partial charge in [0.05, 0.1) is 11.3 Å². The van der Waals surface area contributed by atoms with Crippen LogP contribution in [0.1, 0.15) is 24.5 Å². The zero-order valence-corrected chi connectivity index (χ0v) is 13.2. The minimum absolute atomic E-state index is 0.0416. The molecule has 0 fully saturated rings. The van der Waals surface area contributed by atoms with E-state index in [4.69, 9.17) is 0 Å². The maximum Gasteiger partial charge on any atom is 0.269 e. The molecule has 0 bridgehead atoms. The second-order valence-electron chi connectivity index (χ2n) is 5.05. The van der Waals surface area contributed by atoms with Crippen molar-refractivity contribution in [2.45, 2.75) is 26.3 Å². The van der Waals surface area contributed by atoms with Gasteiger partial charge in [0.25, 0.3) is 5.69 Å². The Morgan fingerprint density at radius 3 is 2.50 bits per heavy atom. The highest BCUT2D eigenvalue weighted by Gasteiger charge is 2.15. The second kappa shape index (κ2) is 7.70. The first kappa shape index (κ1) is 16.2. The van der Waals surface area contributed by atoms with Gasteiger partial charge >= 0.3 is 0 Å². The van der Waals surface area contributed by atoms with Crippen LogP contribution in [0.3, 0.4) is 0 Å². The van der Waals surface area contributed by atoms with E-state index in [1.54, 1.807) is 23.5 Å². The molecule has 5 nitrogen and oxygen atoms in total. The summed E-state index contributed by atoms with van der Waals surface area (Å²) in [6.07, 6.45) is 1.16. The van der Waals surface area contributed by atoms with E-state index in [-0.39, 0.29) is 18.0 Å². The lowest BCUT2D eigenvalue weighted by atomic mass is 10.1. The Bertz CT molecular complexity index is 623. The van der Waals surface area contributed by atoms with Gasteiger partial charge in [0.1, 0.15) is 0 Å². The molecule has 22 heavy (non-hydrogen) atoms. The average molecular weight is 318 g/mol. The molecule has 0 saturated heterocycles. The van der Waals surface area contributed by atoms with Gasteiger partial charge in [-0.05, 0) is 34.4 Å². The number of amides is 1. The van der Waals surface area contributed by atoms with Crippen LogP contribution >= 0.6 is 11.3 Å². The number of nitrogens with zero attached hydrogens (tertiary/aromatic N) is 2. The fraction of sp³-hybridized carbons (Fsp3) is 0.312. The number of rotatable bonds is 7. The van der Waals surface area contributed by atoms with E-state index in [9.17, 15) is 14.9 Å². The molecule has 2 aromatic rings. The summed E-state index contributed by atoms with van der Waals surface area (Å²) >= 11 is 1.62. The predicted molar refractivity (Wildman–Crippen MR) is 86.8 cm³/mol. The van der Waals surface area contributed by atoms with Crippen molar-refractivity contribution in [3.05, 3.63) is 62.3 Å². The molecule has 2 rings (SSSR count). The number of nitro benzene ring substituents is 1. The van der Waals surface area contributed by atoms with Gasteiger partial charge < -0.3 is 4.90 Å². The number of nitro groups is 1. The molecule has 1 aromatic heterocycles. The minimum Gasteiger partial charge on any atom is -0.338 e. The summed E-state index contributed by atoms with van der Waals surface area (Å²) in [5, 5.41) is 14.7. The topological polar surface area (TPSA) is 63.5 Å². The highest BCUT2D eigenvalue weighted by Crippen LogP contribution is 2.15. The number of hydrogen-bond donors (Lipinski definition) is 0. The first-order chi connectivity index (χ1) is 10.6. The number of hydrogen-bond acceptors (Lipinski definition) is 4. The van der Waals surface area contributed by atoms with Crippen molar-refractivity contribution in [1.29, 1.82) is 0 Å². The Balaban J connectivity index is 2.02. The van der Waals surface area contributed by atoms with Gasteiger partial charge in [-0.25, -0.2) is 0 Å². The van der Waals surface area contributed by atoms with Crippen LogP contribution in [0.25, 0.3) is 0 Å². The lowest BCUT2D eigenvalue weighted by Crippen LogP contribution is -2.32. The zero-order chi connectivity index (χ0) is 15.9. The Hall–Kier alpha value is -2.21. The molecule has 0 atom stereocenters. The second-order valence-corrected chi connectivity index (χ2v) is 5.83. The fourth-order valence-electron chi connectivity index (χ4n) is 2.19. The molecule has 0 aliphatic heterocycles. The van der Waals surface area contributed by atoms with Crippen LogP contribution in [0.15, 0.2) is 41.1 Å². The Labute approximate surface area is 133 Å². The van der Waals surface area contributed by atoms with Gasteiger partial charge in [-0.2, -0.15) is 11.3 Å². The summed E-state index contributed by atoms with van der Waals surface area (Å²) in [4.78, 5) is 24.5. The summed E-state index contributed by atoms with van der Waals surface area (Å²) in [5.74, 6) is 0.0434. The van der Waals surface area contributed by atoms with Gasteiger partial charge in [-0.1, -0.05) is 19.1 Å². The standard InChI is InChI=1S/C16H18N2O3S/c1-2-8-17(11-14-7-9-22-12-14)16(19)10-13-3-5-15(6-4-13)18(20)21/h3-7,9,12H,2,8,10-11H2,1H3. The van der Waals surface area contributed by atoms with Gasteiger partial charge in [0, 0.05) is 25.2 Å². The molecule has 6 heteroatoms. The van der Waals surface area contributed by atoms with Crippen LogP contribution < -0.4 is 0 Å². The fourth-order valence-corrected chi connectivity index (χ4v) is 2.85. The van der Waals surface area contributed by atoms with Gasteiger partial charge in [0.15, 0.2) is 0 Å². The molecule has 1 aromatic carbocycles. The summed E-state index contributed by atoms with van der Waals surface area (Å²) in [6, 6.07) is 8.18. The molecule has 0 aliphatic carbocycles. The first-order valence-electron chi connectivity index (χ1n) is 7.12. The molecule has 0 saturated carbocycles. The lowest BCUT2D eigenvalue weighted by Gasteiger charge is -2.21. The maximum absolute atomic E-state index is 12.4. The molecular weight excluding hydrogens is 300 g/mol. The minimum atomic E-state index is -0.439. The van der Waals surface area contributed by atoms with Gasteiger partial charge in [-0.15, -0.1) is 0 Å². The molecule has 0 spiro atoms. The number of thiophene rings is 1. The first-order valence-corrected chi connectivity index (χ1v) is 8.06. The van der Waals surface area contributed by atoms with Crippen LogP contribution in [0.4, 0.5) is 5.69 Å². The molecule has 0 aliphatic rings. The van der Waals surface area contributed by atoms with Crippen LogP contribution in [-0.2, 0) is 17.8 Å². The van der Waals surface area contributed by atoms with Crippen LogP contribution in [0.2, 0.25) is 0 Å². The van der Waals surface area contributed by atoms with Crippen molar-refractivity contribution in [3.8, 4) is 0 Å². The van der Waals surface area contributed by atoms with Crippen molar-refractivity contribution >= 4 is 22.9 Å². The third-order valence-corrected chi connectivity index (χ3v) is 4.03. The van der Waals surface area contributed by atoms with Crippen molar-refractivity contribution in [2.75, 3.05) is 6.54 Å². The Morgan fingerprint density at radius 2 is 1.95 bits per heavy atom. The lowest BCUT2D eigenvalue weighted by molar-refractivity contribution is -0.384. The van der Waals surface area contributed by atoms with Crippen molar-refractivity contribution in [2.24, 2.45) is 0 Å². The van der Waals surface area contributed by atoms with Crippen LogP contribution in [0.5, 0.6) is 0 Å². The van der Waals surface area contributed by atoms with E-state index < -0.39 is 4.92 Å². The molecule has 116 valence electrons. The van der Waals surface area contributed by atoms with Crippen molar-refractivity contribution in [3.63, 3.8) is 0 Å². The average Bonchev–Trinajstić information content (AvgIpc) is 3.00. The molecular formula is C16H18N2O3S. The zero-order valence-electron chi connectivity index (χ0n) is 12.4. The normalized spacial score (nSPS) is 10.4. The maximum atomic E-state index is 12.4. The predicted octanol–water partition coefficient (Wildman–Crippen LogP) is 3.64. The molecule has 1 heterocycles. The number of benzene rings is 1. The van der Waals surface area contributed by atoms with Gasteiger partial charge in [-0.3, -0.25) is 14.9 Å². The van der Waals surface area contributed by atoms with Crippen LogP contribution in [-0.4, -0.2) is 22.3 Å². The smallest absolute Gasteiger partial charge is 0.269 e. The SMILES string of the molecule is CCCN(Cc1ccsc1)C(=O)Cc1ccc([N+](=O)[O-])cc1. The number of non-ortho nitro benzene ring substituents is 1. The summed E-state index contributed by atoms with van der Waals surface area (Å²) < 4.78 is 0. The molecule has 1 amide bonds. The summed E-state index contributed by atoms with van der Waals surface area (Å²) in [7, 11) is 0. The molecule has 0 radical (unpaired) electrons. The molecule has 0 N–H and O–H groups in total. The van der Waals surface area contributed by atoms with E-state index in [2.05, 4.69) is 0 Å². The quantitative estimate of drug-likeness (QED) is 0.578. The molecule has 0 unspecified atom stereocenters. The third kappa shape index (κ3) is 4.39. The monoisotopic (exact) mass is 318 g/mol. The van der Waals surface area contributed by atoms with Gasteiger partial charge in [0.2, 0.25) is 5.91 Å². The largest absolute Gasteiger partial charge is 0.338 e. The Kier molecular flexibility index (Phi) is 5.66. The van der Waals surface area contributed by atoms with Crippen LogP contribution in [0, 0.1) is 10.1 Å². The summed E-state index contributed by atoms with van der Waals surface area (Å²) in [6.45, 7) is 3.37. The van der Waals surface area contributed by atoms with E-state index in [0.717, 1.165) is 17.5 Å².